The van der Waals surface area contributed by atoms with Crippen LogP contribution in [0.2, 0.25) is 0 Å². The number of aryl methyl sites for hydroxylation is 1. The van der Waals surface area contributed by atoms with E-state index in [0.717, 1.165) is 31.3 Å². The molecule has 122 valence electrons. The van der Waals surface area contributed by atoms with E-state index in [2.05, 4.69) is 41.6 Å². The maximum Gasteiger partial charge on any atom is 0.191 e. The molecule has 0 spiro atoms. The summed E-state index contributed by atoms with van der Waals surface area (Å²) in [5, 5.41) is 7.32. The summed E-state index contributed by atoms with van der Waals surface area (Å²) in [6.07, 6.45) is 2.63. The molecule has 2 rings (SSSR count). The third-order valence-corrected chi connectivity index (χ3v) is 4.85. The summed E-state index contributed by atoms with van der Waals surface area (Å²) in [7, 11) is 0. The monoisotopic (exact) mass is 321 g/mol. The first-order valence-corrected chi connectivity index (χ1v) is 9.16. The summed E-state index contributed by atoms with van der Waals surface area (Å²) < 4.78 is 5.74. The van der Waals surface area contributed by atoms with Crippen LogP contribution in [0.4, 0.5) is 0 Å². The Morgan fingerprint density at radius 2 is 2.32 bits per heavy atom. The number of hydrogen-bond acceptors (Lipinski definition) is 3. The van der Waals surface area contributed by atoms with Crippen LogP contribution < -0.4 is 15.4 Å². The van der Waals surface area contributed by atoms with Crippen LogP contribution in [-0.2, 0) is 0 Å². The summed E-state index contributed by atoms with van der Waals surface area (Å²) in [5.41, 5.74) is 1.22. The van der Waals surface area contributed by atoms with Crippen molar-refractivity contribution in [3.8, 4) is 5.75 Å². The van der Waals surface area contributed by atoms with Gasteiger partial charge in [-0.1, -0.05) is 12.1 Å². The van der Waals surface area contributed by atoms with Crippen molar-refractivity contribution in [2.75, 3.05) is 32.0 Å². The van der Waals surface area contributed by atoms with Crippen LogP contribution in [0.5, 0.6) is 5.75 Å². The molecule has 1 fully saturated rings. The highest BCUT2D eigenvalue weighted by molar-refractivity contribution is 8.00. The molecule has 1 aromatic carbocycles. The van der Waals surface area contributed by atoms with Gasteiger partial charge in [-0.3, -0.25) is 4.99 Å². The largest absolute Gasteiger partial charge is 0.492 e. The Morgan fingerprint density at radius 1 is 1.41 bits per heavy atom. The first kappa shape index (κ1) is 17.0. The van der Waals surface area contributed by atoms with E-state index < -0.39 is 0 Å². The van der Waals surface area contributed by atoms with Crippen LogP contribution in [0.1, 0.15) is 25.3 Å². The van der Waals surface area contributed by atoms with Crippen LogP contribution in [0.3, 0.4) is 0 Å². The quantitative estimate of drug-likeness (QED) is 0.460. The summed E-state index contributed by atoms with van der Waals surface area (Å²) in [6.45, 7) is 7.32. The lowest BCUT2D eigenvalue weighted by atomic mass is 10.2. The Labute approximate surface area is 138 Å². The lowest BCUT2D eigenvalue weighted by Crippen LogP contribution is -2.39. The minimum absolute atomic E-state index is 0.631. The van der Waals surface area contributed by atoms with Crippen LogP contribution in [0.25, 0.3) is 0 Å². The van der Waals surface area contributed by atoms with Gasteiger partial charge in [0.25, 0.3) is 0 Å². The van der Waals surface area contributed by atoms with E-state index in [1.165, 1.54) is 24.2 Å². The van der Waals surface area contributed by atoms with E-state index in [-0.39, 0.29) is 0 Å². The zero-order chi connectivity index (χ0) is 15.6. The van der Waals surface area contributed by atoms with Gasteiger partial charge < -0.3 is 15.4 Å². The molecule has 1 aromatic rings. The number of thioether (sulfide) groups is 1. The zero-order valence-corrected chi connectivity index (χ0v) is 14.4. The molecule has 0 aliphatic carbocycles. The van der Waals surface area contributed by atoms with Crippen molar-refractivity contribution in [2.45, 2.75) is 31.9 Å². The molecule has 22 heavy (non-hydrogen) atoms. The second-order valence-electron chi connectivity index (χ2n) is 5.45. The molecule has 1 aliphatic rings. The highest BCUT2D eigenvalue weighted by Gasteiger charge is 2.14. The number of benzene rings is 1. The van der Waals surface area contributed by atoms with Crippen molar-refractivity contribution in [1.29, 1.82) is 0 Å². The Morgan fingerprint density at radius 3 is 3.05 bits per heavy atom. The fraction of sp³-hybridized carbons (Fsp3) is 0.588. The van der Waals surface area contributed by atoms with Gasteiger partial charge in [-0.15, -0.1) is 0 Å². The molecule has 0 saturated carbocycles. The standard InChI is InChI=1S/C17H27N3OS/c1-3-18-17(20-13-16-8-5-11-22-16)19-9-10-21-15-7-4-6-14(2)12-15/h4,6-7,12,16H,3,5,8-11,13H2,1-2H3,(H2,18,19,20). The normalized spacial score (nSPS) is 18.3. The lowest BCUT2D eigenvalue weighted by molar-refractivity contribution is 0.321. The number of hydrogen-bond donors (Lipinski definition) is 2. The van der Waals surface area contributed by atoms with Crippen LogP contribution in [-0.4, -0.2) is 43.2 Å². The fourth-order valence-electron chi connectivity index (χ4n) is 2.37. The maximum absolute atomic E-state index is 5.74. The van der Waals surface area contributed by atoms with E-state index in [1.807, 2.05) is 23.9 Å². The molecule has 5 heteroatoms. The zero-order valence-electron chi connectivity index (χ0n) is 13.6. The van der Waals surface area contributed by atoms with Crippen molar-refractivity contribution in [3.05, 3.63) is 29.8 Å². The number of ether oxygens (including phenoxy) is 1. The number of guanidine groups is 1. The SMILES string of the molecule is CCNC(=NCC1CCCS1)NCCOc1cccc(C)c1. The molecule has 0 bridgehead atoms. The second kappa shape index (κ2) is 9.62. The number of nitrogens with one attached hydrogen (secondary N) is 2. The third kappa shape index (κ3) is 6.18. The van der Waals surface area contributed by atoms with Gasteiger partial charge in [0.1, 0.15) is 12.4 Å². The number of nitrogens with zero attached hydrogens (tertiary/aromatic N) is 1. The highest BCUT2D eigenvalue weighted by atomic mass is 32.2. The van der Waals surface area contributed by atoms with E-state index in [0.29, 0.717) is 11.9 Å². The molecule has 4 nitrogen and oxygen atoms in total. The van der Waals surface area contributed by atoms with Gasteiger partial charge in [0.05, 0.1) is 13.1 Å². The van der Waals surface area contributed by atoms with Gasteiger partial charge in [0.2, 0.25) is 0 Å². The molecule has 2 N–H and O–H groups in total. The molecule has 1 unspecified atom stereocenters. The highest BCUT2D eigenvalue weighted by Crippen LogP contribution is 2.25. The Hall–Kier alpha value is -1.36. The third-order valence-electron chi connectivity index (χ3n) is 3.47. The molecule has 1 aliphatic heterocycles. The minimum atomic E-state index is 0.631. The smallest absolute Gasteiger partial charge is 0.191 e. The van der Waals surface area contributed by atoms with Crippen LogP contribution >= 0.6 is 11.8 Å². The van der Waals surface area contributed by atoms with Gasteiger partial charge >= 0.3 is 0 Å². The topological polar surface area (TPSA) is 45.7 Å². The van der Waals surface area contributed by atoms with E-state index in [1.54, 1.807) is 0 Å². The van der Waals surface area contributed by atoms with Gasteiger partial charge in [-0.2, -0.15) is 11.8 Å². The molecule has 1 heterocycles. The molecular formula is C17H27N3OS. The minimum Gasteiger partial charge on any atom is -0.492 e. The van der Waals surface area contributed by atoms with E-state index >= 15 is 0 Å². The van der Waals surface area contributed by atoms with Gasteiger partial charge in [-0.05, 0) is 50.1 Å². The molecule has 0 radical (unpaired) electrons. The van der Waals surface area contributed by atoms with E-state index in [4.69, 9.17) is 4.74 Å². The molecule has 1 atom stereocenters. The van der Waals surface area contributed by atoms with Gasteiger partial charge in [0, 0.05) is 11.8 Å². The number of rotatable bonds is 7. The molecule has 0 amide bonds. The summed E-state index contributed by atoms with van der Waals surface area (Å²) in [5.74, 6) is 3.10. The van der Waals surface area contributed by atoms with Crippen molar-refractivity contribution in [3.63, 3.8) is 0 Å². The first-order valence-electron chi connectivity index (χ1n) is 8.11. The Balaban J connectivity index is 1.70. The average Bonchev–Trinajstić information content (AvgIpc) is 3.02. The van der Waals surface area contributed by atoms with Gasteiger partial charge in [-0.25, -0.2) is 0 Å². The summed E-state index contributed by atoms with van der Waals surface area (Å²) in [4.78, 5) is 4.67. The maximum atomic E-state index is 5.74. The fourth-order valence-corrected chi connectivity index (χ4v) is 3.55. The van der Waals surface area contributed by atoms with Crippen molar-refractivity contribution < 1.29 is 4.74 Å². The Bertz CT molecular complexity index is 473. The first-order chi connectivity index (χ1) is 10.8. The van der Waals surface area contributed by atoms with E-state index in [9.17, 15) is 0 Å². The molecular weight excluding hydrogens is 294 g/mol. The Kier molecular flexibility index (Phi) is 7.43. The van der Waals surface area contributed by atoms with Crippen LogP contribution in [0.15, 0.2) is 29.3 Å². The molecule has 1 saturated heterocycles. The lowest BCUT2D eigenvalue weighted by Gasteiger charge is -2.13. The van der Waals surface area contributed by atoms with Gasteiger partial charge in [0.15, 0.2) is 5.96 Å². The number of aliphatic imine (C=N–C) groups is 1. The predicted molar refractivity (Wildman–Crippen MR) is 96.1 cm³/mol. The van der Waals surface area contributed by atoms with Crippen molar-refractivity contribution >= 4 is 17.7 Å². The predicted octanol–water partition coefficient (Wildman–Crippen LogP) is 2.82. The summed E-state index contributed by atoms with van der Waals surface area (Å²) in [6, 6.07) is 8.13. The second-order valence-corrected chi connectivity index (χ2v) is 6.85. The van der Waals surface area contributed by atoms with Crippen LogP contribution in [0, 0.1) is 6.92 Å². The van der Waals surface area contributed by atoms with Crippen molar-refractivity contribution in [1.82, 2.24) is 10.6 Å². The van der Waals surface area contributed by atoms with Crippen molar-refractivity contribution in [2.24, 2.45) is 4.99 Å². The molecule has 0 aromatic heterocycles. The summed E-state index contributed by atoms with van der Waals surface area (Å²) >= 11 is 2.04. The average molecular weight is 321 g/mol.